The standard InChI is InChI=1S/C12H11N5O2/c1-18-10-7-11(19-2)15-12(14-10)8-3-5-9(6-4-8)16-17-13/h3-7H,1-2H3. The number of methoxy groups -OCH3 is 2. The molecule has 2 rings (SSSR count). The minimum absolute atomic E-state index is 0.418. The van der Waals surface area contributed by atoms with E-state index in [2.05, 4.69) is 20.0 Å². The van der Waals surface area contributed by atoms with Gasteiger partial charge in [0.2, 0.25) is 11.8 Å². The smallest absolute Gasteiger partial charge is 0.220 e. The molecule has 96 valence electrons. The first kappa shape index (κ1) is 12.7. The first-order chi connectivity index (χ1) is 9.26. The molecule has 0 atom stereocenters. The zero-order valence-electron chi connectivity index (χ0n) is 10.4. The molecule has 0 bridgehead atoms. The van der Waals surface area contributed by atoms with Crippen molar-refractivity contribution in [3.63, 3.8) is 0 Å². The summed E-state index contributed by atoms with van der Waals surface area (Å²) < 4.78 is 10.2. The Hall–Kier alpha value is -2.79. The lowest BCUT2D eigenvalue weighted by Crippen LogP contribution is -1.96. The minimum Gasteiger partial charge on any atom is -0.481 e. The van der Waals surface area contributed by atoms with Crippen molar-refractivity contribution in [1.29, 1.82) is 0 Å². The Labute approximate surface area is 109 Å². The summed E-state index contributed by atoms with van der Waals surface area (Å²) in [6.45, 7) is 0. The van der Waals surface area contributed by atoms with Crippen LogP contribution in [0.15, 0.2) is 35.4 Å². The van der Waals surface area contributed by atoms with Crippen LogP contribution in [0, 0.1) is 0 Å². The first-order valence-electron chi connectivity index (χ1n) is 5.39. The fourth-order valence-corrected chi connectivity index (χ4v) is 1.47. The highest BCUT2D eigenvalue weighted by molar-refractivity contribution is 5.59. The van der Waals surface area contributed by atoms with E-state index in [0.29, 0.717) is 23.3 Å². The number of azide groups is 1. The van der Waals surface area contributed by atoms with Crippen molar-refractivity contribution >= 4 is 5.69 Å². The van der Waals surface area contributed by atoms with Crippen LogP contribution in [-0.4, -0.2) is 24.2 Å². The number of ether oxygens (including phenoxy) is 2. The predicted octanol–water partition coefficient (Wildman–Crippen LogP) is 3.10. The van der Waals surface area contributed by atoms with Gasteiger partial charge in [-0.3, -0.25) is 0 Å². The van der Waals surface area contributed by atoms with Gasteiger partial charge in [-0.05, 0) is 5.53 Å². The molecular weight excluding hydrogens is 246 g/mol. The Morgan fingerprint density at radius 2 is 1.63 bits per heavy atom. The Kier molecular flexibility index (Phi) is 3.80. The molecule has 1 heterocycles. The molecule has 0 aliphatic carbocycles. The molecule has 1 aromatic carbocycles. The Balaban J connectivity index is 2.42. The molecule has 7 nitrogen and oxygen atoms in total. The van der Waals surface area contributed by atoms with E-state index in [1.165, 1.54) is 14.2 Å². The van der Waals surface area contributed by atoms with Gasteiger partial charge in [-0.15, -0.1) is 0 Å². The Bertz CT molecular complexity index is 598. The van der Waals surface area contributed by atoms with Gasteiger partial charge in [0.25, 0.3) is 0 Å². The van der Waals surface area contributed by atoms with Crippen LogP contribution in [0.3, 0.4) is 0 Å². The van der Waals surface area contributed by atoms with Gasteiger partial charge in [0.15, 0.2) is 5.82 Å². The highest BCUT2D eigenvalue weighted by Crippen LogP contribution is 2.24. The number of aromatic nitrogens is 2. The van der Waals surface area contributed by atoms with Crippen LogP contribution >= 0.6 is 0 Å². The monoisotopic (exact) mass is 257 g/mol. The zero-order chi connectivity index (χ0) is 13.7. The maximum atomic E-state index is 8.34. The third-order valence-corrected chi connectivity index (χ3v) is 2.38. The summed E-state index contributed by atoms with van der Waals surface area (Å²) in [5, 5.41) is 3.50. The molecule has 0 radical (unpaired) electrons. The molecule has 1 aromatic heterocycles. The van der Waals surface area contributed by atoms with Crippen LogP contribution in [0.2, 0.25) is 0 Å². The summed E-state index contributed by atoms with van der Waals surface area (Å²) >= 11 is 0. The summed E-state index contributed by atoms with van der Waals surface area (Å²) in [7, 11) is 3.05. The van der Waals surface area contributed by atoms with E-state index in [9.17, 15) is 0 Å². The lowest BCUT2D eigenvalue weighted by Gasteiger charge is -2.06. The topological polar surface area (TPSA) is 93.0 Å². The fraction of sp³-hybridized carbons (Fsp3) is 0.167. The third kappa shape index (κ3) is 2.91. The second kappa shape index (κ2) is 5.70. The van der Waals surface area contributed by atoms with Gasteiger partial charge in [0.05, 0.1) is 20.3 Å². The van der Waals surface area contributed by atoms with Gasteiger partial charge >= 0.3 is 0 Å². The van der Waals surface area contributed by atoms with Crippen molar-refractivity contribution in [2.75, 3.05) is 14.2 Å². The quantitative estimate of drug-likeness (QED) is 0.477. The van der Waals surface area contributed by atoms with Gasteiger partial charge < -0.3 is 9.47 Å². The highest BCUT2D eigenvalue weighted by Gasteiger charge is 2.07. The zero-order valence-corrected chi connectivity index (χ0v) is 10.4. The maximum Gasteiger partial charge on any atom is 0.220 e. The van der Waals surface area contributed by atoms with Crippen molar-refractivity contribution in [3.05, 3.63) is 40.8 Å². The molecule has 0 fully saturated rings. The molecular formula is C12H11N5O2. The molecule has 7 heteroatoms. The largest absolute Gasteiger partial charge is 0.481 e. The van der Waals surface area contributed by atoms with E-state index >= 15 is 0 Å². The SMILES string of the molecule is COc1cc(OC)nc(-c2ccc(N=[N+]=[N-])cc2)n1. The third-order valence-electron chi connectivity index (χ3n) is 2.38. The van der Waals surface area contributed by atoms with Crippen molar-refractivity contribution in [3.8, 4) is 23.1 Å². The summed E-state index contributed by atoms with van der Waals surface area (Å²) in [6.07, 6.45) is 0. The van der Waals surface area contributed by atoms with Gasteiger partial charge in [0, 0.05) is 16.2 Å². The molecule has 0 aliphatic heterocycles. The fourth-order valence-electron chi connectivity index (χ4n) is 1.47. The second-order valence-corrected chi connectivity index (χ2v) is 3.51. The average Bonchev–Trinajstić information content (AvgIpc) is 2.47. The minimum atomic E-state index is 0.418. The summed E-state index contributed by atoms with van der Waals surface area (Å²) in [6, 6.07) is 8.49. The van der Waals surface area contributed by atoms with Gasteiger partial charge in [-0.2, -0.15) is 9.97 Å². The van der Waals surface area contributed by atoms with Crippen LogP contribution < -0.4 is 9.47 Å². The normalized spacial score (nSPS) is 9.58. The van der Waals surface area contributed by atoms with E-state index in [-0.39, 0.29) is 0 Å². The molecule has 0 amide bonds. The van der Waals surface area contributed by atoms with E-state index in [1.807, 2.05) is 0 Å². The lowest BCUT2D eigenvalue weighted by atomic mass is 10.2. The van der Waals surface area contributed by atoms with Crippen molar-refractivity contribution < 1.29 is 9.47 Å². The van der Waals surface area contributed by atoms with E-state index in [0.717, 1.165) is 5.56 Å². The molecule has 19 heavy (non-hydrogen) atoms. The molecule has 0 N–H and O–H groups in total. The number of hydrogen-bond donors (Lipinski definition) is 0. The molecule has 0 spiro atoms. The molecule has 0 saturated heterocycles. The summed E-state index contributed by atoms with van der Waals surface area (Å²) in [5.41, 5.74) is 9.64. The molecule has 0 saturated carbocycles. The van der Waals surface area contributed by atoms with Crippen LogP contribution in [0.5, 0.6) is 11.8 Å². The number of benzene rings is 1. The molecule has 2 aromatic rings. The maximum absolute atomic E-state index is 8.34. The van der Waals surface area contributed by atoms with E-state index in [4.69, 9.17) is 15.0 Å². The second-order valence-electron chi connectivity index (χ2n) is 3.51. The van der Waals surface area contributed by atoms with Crippen LogP contribution in [0.4, 0.5) is 5.69 Å². The van der Waals surface area contributed by atoms with E-state index < -0.39 is 0 Å². The van der Waals surface area contributed by atoms with Crippen molar-refractivity contribution in [2.24, 2.45) is 5.11 Å². The summed E-state index contributed by atoms with van der Waals surface area (Å²) in [4.78, 5) is 11.2. The van der Waals surface area contributed by atoms with Crippen LogP contribution in [0.25, 0.3) is 21.8 Å². The first-order valence-corrected chi connectivity index (χ1v) is 5.39. The van der Waals surface area contributed by atoms with Crippen molar-refractivity contribution in [1.82, 2.24) is 9.97 Å². The number of rotatable bonds is 4. The van der Waals surface area contributed by atoms with Crippen molar-refractivity contribution in [2.45, 2.75) is 0 Å². The average molecular weight is 257 g/mol. The van der Waals surface area contributed by atoms with E-state index in [1.54, 1.807) is 30.3 Å². The molecule has 0 unspecified atom stereocenters. The predicted molar refractivity (Wildman–Crippen MR) is 69.4 cm³/mol. The Morgan fingerprint density at radius 3 is 2.11 bits per heavy atom. The van der Waals surface area contributed by atoms with Gasteiger partial charge in [-0.1, -0.05) is 29.4 Å². The number of hydrogen-bond acceptors (Lipinski definition) is 5. The Morgan fingerprint density at radius 1 is 1.05 bits per heavy atom. The van der Waals surface area contributed by atoms with Crippen LogP contribution in [0.1, 0.15) is 0 Å². The van der Waals surface area contributed by atoms with Gasteiger partial charge in [0.1, 0.15) is 0 Å². The summed E-state index contributed by atoms with van der Waals surface area (Å²) in [5.74, 6) is 1.31. The van der Waals surface area contributed by atoms with Gasteiger partial charge in [-0.25, -0.2) is 0 Å². The highest BCUT2D eigenvalue weighted by atomic mass is 16.5. The number of nitrogens with zero attached hydrogens (tertiary/aromatic N) is 5. The van der Waals surface area contributed by atoms with Crippen LogP contribution in [-0.2, 0) is 0 Å². The lowest BCUT2D eigenvalue weighted by molar-refractivity contribution is 0.372. The molecule has 0 aliphatic rings.